The first-order valence-corrected chi connectivity index (χ1v) is 12.0. The highest BCUT2D eigenvalue weighted by Gasteiger charge is 2.29. The molecular weight excluding hydrogens is 444 g/mol. The smallest absolute Gasteiger partial charge is 0.345 e. The van der Waals surface area contributed by atoms with Gasteiger partial charge in [-0.3, -0.25) is 9.59 Å². The van der Waals surface area contributed by atoms with Gasteiger partial charge in [0.25, 0.3) is 0 Å². The molecule has 1 aromatic heterocycles. The van der Waals surface area contributed by atoms with E-state index in [1.54, 1.807) is 13.0 Å². The lowest BCUT2D eigenvalue weighted by Gasteiger charge is -2.26. The molecule has 4 rings (SSSR count). The summed E-state index contributed by atoms with van der Waals surface area (Å²) in [6.07, 6.45) is 6.55. The molecule has 2 N–H and O–H groups in total. The Bertz CT molecular complexity index is 1170. The zero-order valence-corrected chi connectivity index (χ0v) is 19.6. The molecule has 1 aromatic carbocycles. The molecule has 1 saturated heterocycles. The van der Waals surface area contributed by atoms with Crippen molar-refractivity contribution in [3.8, 4) is 11.5 Å². The van der Waals surface area contributed by atoms with Crippen molar-refractivity contribution in [2.24, 2.45) is 0 Å². The van der Waals surface area contributed by atoms with Gasteiger partial charge in [-0.2, -0.15) is 0 Å². The third kappa shape index (κ3) is 4.65. The van der Waals surface area contributed by atoms with Gasteiger partial charge in [0, 0.05) is 23.4 Å². The largest absolute Gasteiger partial charge is 0.504 e. The Morgan fingerprint density at radius 1 is 1.36 bits per heavy atom. The van der Waals surface area contributed by atoms with E-state index in [2.05, 4.69) is 10.2 Å². The number of nitrogens with one attached hydrogen (secondary N) is 1. The van der Waals surface area contributed by atoms with Crippen LogP contribution in [0.3, 0.4) is 0 Å². The van der Waals surface area contributed by atoms with E-state index in [-0.39, 0.29) is 33.8 Å². The minimum Gasteiger partial charge on any atom is -0.504 e. The Hall–Kier alpha value is -2.78. The van der Waals surface area contributed by atoms with Crippen molar-refractivity contribution < 1.29 is 23.8 Å². The van der Waals surface area contributed by atoms with Crippen LogP contribution in [0.25, 0.3) is 15.9 Å². The molecule has 0 radical (unpaired) electrons. The first kappa shape index (κ1) is 23.4. The van der Waals surface area contributed by atoms with Crippen LogP contribution >= 0.6 is 11.8 Å². The average Bonchev–Trinajstić information content (AvgIpc) is 3.29. The SMILES string of the molecule is COc1cc2c(C)c(C3=CCC(C(=O)NCCN4CCCCC4)S3)c(=O)oc2c(C=O)c1O. The molecule has 176 valence electrons. The van der Waals surface area contributed by atoms with Crippen LogP contribution in [-0.4, -0.2) is 60.7 Å². The van der Waals surface area contributed by atoms with Gasteiger partial charge in [-0.05, 0) is 50.9 Å². The third-order valence-electron chi connectivity index (χ3n) is 6.27. The average molecular weight is 473 g/mol. The summed E-state index contributed by atoms with van der Waals surface area (Å²) in [4.78, 5) is 40.1. The second-order valence-electron chi connectivity index (χ2n) is 8.33. The van der Waals surface area contributed by atoms with E-state index in [0.29, 0.717) is 40.7 Å². The molecule has 2 aliphatic rings. The van der Waals surface area contributed by atoms with Crippen molar-refractivity contribution in [3.63, 3.8) is 0 Å². The van der Waals surface area contributed by atoms with Crippen molar-refractivity contribution in [2.45, 2.75) is 37.9 Å². The van der Waals surface area contributed by atoms with E-state index in [0.717, 1.165) is 19.6 Å². The molecule has 0 saturated carbocycles. The van der Waals surface area contributed by atoms with Crippen molar-refractivity contribution >= 4 is 39.8 Å². The van der Waals surface area contributed by atoms with Gasteiger partial charge in [-0.1, -0.05) is 12.5 Å². The maximum Gasteiger partial charge on any atom is 0.345 e. The highest BCUT2D eigenvalue weighted by Crippen LogP contribution is 2.42. The number of piperidine rings is 1. The molecule has 0 aliphatic carbocycles. The summed E-state index contributed by atoms with van der Waals surface area (Å²) < 4.78 is 10.6. The molecule has 8 nitrogen and oxygen atoms in total. The summed E-state index contributed by atoms with van der Waals surface area (Å²) in [6.45, 7) is 5.40. The lowest BCUT2D eigenvalue weighted by Crippen LogP contribution is -2.40. The van der Waals surface area contributed by atoms with Gasteiger partial charge in [0.2, 0.25) is 5.91 Å². The van der Waals surface area contributed by atoms with Crippen LogP contribution in [0.2, 0.25) is 0 Å². The number of carbonyl (C=O) groups is 2. The molecule has 1 amide bonds. The van der Waals surface area contributed by atoms with Crippen molar-refractivity contribution in [1.29, 1.82) is 0 Å². The fourth-order valence-electron chi connectivity index (χ4n) is 4.44. The Morgan fingerprint density at radius 2 is 2.12 bits per heavy atom. The van der Waals surface area contributed by atoms with E-state index in [4.69, 9.17) is 9.15 Å². The first-order chi connectivity index (χ1) is 15.9. The molecule has 2 aliphatic heterocycles. The number of benzene rings is 1. The summed E-state index contributed by atoms with van der Waals surface area (Å²) in [5.74, 6) is -0.293. The highest BCUT2D eigenvalue weighted by molar-refractivity contribution is 8.09. The maximum absolute atomic E-state index is 12.8. The number of aromatic hydroxyl groups is 1. The third-order valence-corrected chi connectivity index (χ3v) is 7.59. The topological polar surface area (TPSA) is 109 Å². The minimum atomic E-state index is -0.613. The maximum atomic E-state index is 12.8. The first-order valence-electron chi connectivity index (χ1n) is 11.1. The number of nitrogens with zero attached hydrogens (tertiary/aromatic N) is 1. The van der Waals surface area contributed by atoms with Gasteiger partial charge < -0.3 is 24.5 Å². The Balaban J connectivity index is 1.51. The molecule has 33 heavy (non-hydrogen) atoms. The molecule has 1 fully saturated rings. The van der Waals surface area contributed by atoms with E-state index in [9.17, 15) is 19.5 Å². The molecule has 9 heteroatoms. The number of carbonyl (C=O) groups excluding carboxylic acids is 2. The van der Waals surface area contributed by atoms with Gasteiger partial charge in [-0.25, -0.2) is 4.79 Å². The molecule has 0 bridgehead atoms. The van der Waals surface area contributed by atoms with Crippen LogP contribution in [-0.2, 0) is 4.79 Å². The number of aldehydes is 1. The molecule has 1 atom stereocenters. The van der Waals surface area contributed by atoms with E-state index < -0.39 is 5.63 Å². The summed E-state index contributed by atoms with van der Waals surface area (Å²) in [5.41, 5.74) is 0.242. The van der Waals surface area contributed by atoms with Crippen LogP contribution in [0.4, 0.5) is 0 Å². The summed E-state index contributed by atoms with van der Waals surface area (Å²) in [5, 5.41) is 13.4. The Labute approximate surface area is 196 Å². The normalized spacial score (nSPS) is 18.8. The Morgan fingerprint density at radius 3 is 2.82 bits per heavy atom. The molecular formula is C24H28N2O6S. The van der Waals surface area contributed by atoms with Crippen molar-refractivity contribution in [2.75, 3.05) is 33.3 Å². The quantitative estimate of drug-likeness (QED) is 0.467. The minimum absolute atomic E-state index is 0.0187. The Kier molecular flexibility index (Phi) is 7.09. The van der Waals surface area contributed by atoms with Gasteiger partial charge in [0.05, 0.1) is 17.9 Å². The van der Waals surface area contributed by atoms with Gasteiger partial charge in [0.1, 0.15) is 5.56 Å². The van der Waals surface area contributed by atoms with Crippen LogP contribution in [0.5, 0.6) is 11.5 Å². The number of fused-ring (bicyclic) bond motifs is 1. The number of hydrogen-bond acceptors (Lipinski definition) is 8. The van der Waals surface area contributed by atoms with Crippen molar-refractivity contribution in [1.82, 2.24) is 10.2 Å². The summed E-state index contributed by atoms with van der Waals surface area (Å²) in [7, 11) is 1.38. The predicted octanol–water partition coefficient (Wildman–Crippen LogP) is 3.08. The standard InChI is InChI=1S/C24H28N2O6S/c1-14-15-12-17(31-2)21(28)16(13-27)22(15)32-24(30)20(14)18-6-7-19(33-18)23(29)25-8-11-26-9-4-3-5-10-26/h6,12-13,19,28H,3-5,7-11H2,1-2H3,(H,25,29). The van der Waals surface area contributed by atoms with Crippen molar-refractivity contribution in [3.05, 3.63) is 39.3 Å². The number of thioether (sulfide) groups is 1. The lowest BCUT2D eigenvalue weighted by molar-refractivity contribution is -0.120. The molecule has 1 unspecified atom stereocenters. The van der Waals surface area contributed by atoms with Crippen LogP contribution in [0.1, 0.15) is 47.2 Å². The van der Waals surface area contributed by atoms with E-state index in [1.165, 1.54) is 38.1 Å². The van der Waals surface area contributed by atoms with Crippen LogP contribution in [0.15, 0.2) is 21.4 Å². The predicted molar refractivity (Wildman–Crippen MR) is 128 cm³/mol. The second kappa shape index (κ2) is 10.0. The number of allylic oxidation sites excluding steroid dienone is 1. The zero-order chi connectivity index (χ0) is 23.5. The van der Waals surface area contributed by atoms with Crippen LogP contribution in [0, 0.1) is 6.92 Å². The number of amides is 1. The monoisotopic (exact) mass is 472 g/mol. The van der Waals surface area contributed by atoms with E-state index in [1.807, 2.05) is 6.08 Å². The van der Waals surface area contributed by atoms with Gasteiger partial charge >= 0.3 is 5.63 Å². The van der Waals surface area contributed by atoms with Crippen LogP contribution < -0.4 is 15.7 Å². The number of ether oxygens (including phenoxy) is 1. The molecule has 0 spiro atoms. The second-order valence-corrected chi connectivity index (χ2v) is 9.57. The fraction of sp³-hybridized carbons (Fsp3) is 0.458. The summed E-state index contributed by atoms with van der Waals surface area (Å²) in [6, 6.07) is 1.55. The lowest BCUT2D eigenvalue weighted by atomic mass is 10.0. The number of rotatable bonds is 7. The van der Waals surface area contributed by atoms with E-state index >= 15 is 0 Å². The number of aryl methyl sites for hydroxylation is 1. The van der Waals surface area contributed by atoms with Gasteiger partial charge in [0.15, 0.2) is 23.4 Å². The number of phenolic OH excluding ortho intramolecular Hbond substituents is 1. The molecule has 3 heterocycles. The molecule has 2 aromatic rings. The number of hydrogen-bond donors (Lipinski definition) is 2. The summed E-state index contributed by atoms with van der Waals surface area (Å²) >= 11 is 1.34. The number of phenols is 1. The fourth-order valence-corrected chi connectivity index (χ4v) is 5.68. The number of methoxy groups -OCH3 is 1. The highest BCUT2D eigenvalue weighted by atomic mass is 32.2. The number of likely N-dealkylation sites (tertiary alicyclic amines) is 1. The van der Waals surface area contributed by atoms with Gasteiger partial charge in [-0.15, -0.1) is 11.8 Å². The zero-order valence-electron chi connectivity index (χ0n) is 18.8.